The molecule has 0 saturated carbocycles. The van der Waals surface area contributed by atoms with E-state index < -0.39 is 69.9 Å². The summed E-state index contributed by atoms with van der Waals surface area (Å²) >= 11 is 0. The summed E-state index contributed by atoms with van der Waals surface area (Å²) in [6, 6.07) is 9.15. The maximum absolute atomic E-state index is 14.6. The molecule has 3 heterocycles. The number of benzene rings is 2. The second-order valence-corrected chi connectivity index (χ2v) is 10.4. The van der Waals surface area contributed by atoms with Crippen molar-refractivity contribution in [1.29, 1.82) is 0 Å². The molecule has 0 spiro atoms. The van der Waals surface area contributed by atoms with Crippen molar-refractivity contribution < 1.29 is 50.2 Å². The number of hydrogen-bond acceptors (Lipinski definition) is 6. The third-order valence-electron chi connectivity index (χ3n) is 7.40. The normalized spacial score (nSPS) is 17.9. The minimum absolute atomic E-state index is 0.0660. The first-order valence-electron chi connectivity index (χ1n) is 12.7. The van der Waals surface area contributed by atoms with Crippen molar-refractivity contribution in [2.24, 2.45) is 5.73 Å². The van der Waals surface area contributed by atoms with Gasteiger partial charge >= 0.3 is 12.4 Å². The summed E-state index contributed by atoms with van der Waals surface area (Å²) < 4.78 is 104. The van der Waals surface area contributed by atoms with E-state index in [2.05, 4.69) is 9.97 Å². The molecule has 230 valence electrons. The fourth-order valence-corrected chi connectivity index (χ4v) is 4.79. The number of aliphatic hydroxyl groups is 1. The topological polar surface area (TPSA) is 127 Å². The van der Waals surface area contributed by atoms with Crippen LogP contribution in [-0.2, 0) is 22.0 Å². The molecule has 1 aliphatic heterocycles. The Labute approximate surface area is 243 Å². The lowest BCUT2D eigenvalue weighted by atomic mass is 9.81. The summed E-state index contributed by atoms with van der Waals surface area (Å²) in [6.07, 6.45) is -9.36. The Morgan fingerprint density at radius 1 is 1.07 bits per heavy atom. The van der Waals surface area contributed by atoms with E-state index in [0.717, 1.165) is 30.5 Å². The van der Waals surface area contributed by atoms with Gasteiger partial charge in [0.15, 0.2) is 0 Å². The first kappa shape index (κ1) is 30.7. The van der Waals surface area contributed by atoms with Crippen molar-refractivity contribution >= 4 is 22.7 Å². The number of carbonyl (C=O) groups is 2. The van der Waals surface area contributed by atoms with Crippen molar-refractivity contribution in [3.8, 4) is 17.0 Å². The molecule has 0 fully saturated rings. The standard InChI is InChI=1S/C29H21F7N4O4/c1-26(25(37)42)13-44-23-19(26)11-20(40-22(23)14-4-6-17(30)7-5-14)27(43,29(34,35)36)12-39-24(41)16-9-15-3-2-8-38-21(15)18(10-16)28(31,32)33/h2-11,43H,12-13H2,1H3,(H2,37,42)(H,39,41)/t26-,27?/m0/s1. The molecule has 2 aromatic heterocycles. The summed E-state index contributed by atoms with van der Waals surface area (Å²) in [5.74, 6) is -3.13. The van der Waals surface area contributed by atoms with Crippen LogP contribution in [0.25, 0.3) is 22.2 Å². The molecule has 0 aliphatic carbocycles. The minimum atomic E-state index is -5.52. The van der Waals surface area contributed by atoms with Crippen LogP contribution in [0.2, 0.25) is 0 Å². The number of halogens is 7. The number of rotatable bonds is 6. The van der Waals surface area contributed by atoms with Gasteiger partial charge in [-0.1, -0.05) is 6.07 Å². The van der Waals surface area contributed by atoms with Gasteiger partial charge < -0.3 is 20.9 Å². The predicted molar refractivity (Wildman–Crippen MR) is 141 cm³/mol. The second-order valence-electron chi connectivity index (χ2n) is 10.4. The Bertz CT molecular complexity index is 1790. The highest BCUT2D eigenvalue weighted by Gasteiger charge is 2.57. The number of aromatic nitrogens is 2. The van der Waals surface area contributed by atoms with Gasteiger partial charge in [0.1, 0.15) is 29.3 Å². The van der Waals surface area contributed by atoms with Crippen LogP contribution >= 0.6 is 0 Å². The van der Waals surface area contributed by atoms with Crippen molar-refractivity contribution in [2.75, 3.05) is 13.2 Å². The van der Waals surface area contributed by atoms with Crippen molar-refractivity contribution in [3.05, 3.63) is 89.0 Å². The number of hydrogen-bond donors (Lipinski definition) is 3. The molecule has 2 atom stereocenters. The van der Waals surface area contributed by atoms with Gasteiger partial charge in [0.25, 0.3) is 5.91 Å². The fourth-order valence-electron chi connectivity index (χ4n) is 4.79. The van der Waals surface area contributed by atoms with E-state index in [4.69, 9.17) is 10.5 Å². The number of fused-ring (bicyclic) bond motifs is 2. The lowest BCUT2D eigenvalue weighted by Crippen LogP contribution is -2.51. The first-order chi connectivity index (χ1) is 20.5. The number of nitrogens with zero attached hydrogens (tertiary/aromatic N) is 2. The molecule has 0 saturated heterocycles. The van der Waals surface area contributed by atoms with Crippen LogP contribution in [0, 0.1) is 5.82 Å². The molecule has 0 bridgehead atoms. The molecule has 5 rings (SSSR count). The van der Waals surface area contributed by atoms with Gasteiger partial charge in [0.2, 0.25) is 11.5 Å². The monoisotopic (exact) mass is 622 g/mol. The van der Waals surface area contributed by atoms with E-state index >= 15 is 0 Å². The first-order valence-corrected chi connectivity index (χ1v) is 12.7. The number of nitrogens with two attached hydrogens (primary N) is 1. The van der Waals surface area contributed by atoms with Crippen LogP contribution in [0.5, 0.6) is 5.75 Å². The number of nitrogens with one attached hydrogen (secondary N) is 1. The third kappa shape index (κ3) is 5.16. The van der Waals surface area contributed by atoms with Crippen LogP contribution < -0.4 is 15.8 Å². The Kier molecular flexibility index (Phi) is 7.27. The smallest absolute Gasteiger partial charge is 0.424 e. The second kappa shape index (κ2) is 10.4. The van der Waals surface area contributed by atoms with Crippen LogP contribution in [0.15, 0.2) is 60.8 Å². The van der Waals surface area contributed by atoms with E-state index in [1.165, 1.54) is 31.2 Å². The van der Waals surface area contributed by atoms with Gasteiger partial charge in [-0.25, -0.2) is 9.37 Å². The summed E-state index contributed by atoms with van der Waals surface area (Å²) in [6.45, 7) is -0.665. The van der Waals surface area contributed by atoms with E-state index in [-0.39, 0.29) is 34.6 Å². The van der Waals surface area contributed by atoms with E-state index in [1.54, 1.807) is 0 Å². The van der Waals surface area contributed by atoms with Crippen LogP contribution in [0.4, 0.5) is 30.7 Å². The molecule has 8 nitrogen and oxygen atoms in total. The summed E-state index contributed by atoms with van der Waals surface area (Å²) in [5, 5.41) is 12.9. The highest BCUT2D eigenvalue weighted by atomic mass is 19.4. The SMILES string of the molecule is C[C@]1(C(N)=O)COc2c1cc(C(O)(CNC(=O)c1cc(C(F)(F)F)c3ncccc3c1)C(F)(F)F)nc2-c1ccc(F)cc1. The van der Waals surface area contributed by atoms with Crippen molar-refractivity contribution in [3.63, 3.8) is 0 Å². The average molecular weight is 622 g/mol. The molecule has 1 aliphatic rings. The maximum Gasteiger partial charge on any atom is 0.424 e. The number of primary amides is 1. The largest absolute Gasteiger partial charge is 0.489 e. The maximum atomic E-state index is 14.6. The van der Waals surface area contributed by atoms with E-state index in [1.807, 2.05) is 5.32 Å². The zero-order valence-electron chi connectivity index (χ0n) is 22.5. The van der Waals surface area contributed by atoms with Gasteiger partial charge in [0.05, 0.1) is 23.3 Å². The Morgan fingerprint density at radius 3 is 2.36 bits per heavy atom. The highest BCUT2D eigenvalue weighted by Crippen LogP contribution is 2.47. The molecule has 44 heavy (non-hydrogen) atoms. The lowest BCUT2D eigenvalue weighted by molar-refractivity contribution is -0.265. The lowest BCUT2D eigenvalue weighted by Gasteiger charge is -2.31. The van der Waals surface area contributed by atoms with Gasteiger partial charge in [-0.05, 0) is 55.5 Å². The molecule has 2 aromatic carbocycles. The minimum Gasteiger partial charge on any atom is -0.489 e. The Morgan fingerprint density at radius 2 is 1.75 bits per heavy atom. The summed E-state index contributed by atoms with van der Waals surface area (Å²) in [5.41, 5.74) is -3.93. The molecular formula is C29H21F7N4O4. The Balaban J connectivity index is 1.60. The highest BCUT2D eigenvalue weighted by molar-refractivity contribution is 5.99. The molecule has 4 N–H and O–H groups in total. The van der Waals surface area contributed by atoms with Crippen LogP contribution in [-0.4, -0.2) is 46.2 Å². The van der Waals surface area contributed by atoms with Crippen molar-refractivity contribution in [1.82, 2.24) is 15.3 Å². The number of pyridine rings is 2. The average Bonchev–Trinajstić information content (AvgIpc) is 3.31. The number of amides is 2. The molecule has 1 unspecified atom stereocenters. The molecule has 0 radical (unpaired) electrons. The number of ether oxygens (including phenoxy) is 1. The fraction of sp³-hybridized carbons (Fsp3) is 0.241. The summed E-state index contributed by atoms with van der Waals surface area (Å²) in [4.78, 5) is 33.0. The quantitative estimate of drug-likeness (QED) is 0.266. The van der Waals surface area contributed by atoms with Gasteiger partial charge in [-0.2, -0.15) is 26.3 Å². The van der Waals surface area contributed by atoms with Crippen LogP contribution in [0.3, 0.4) is 0 Å². The molecule has 2 amide bonds. The summed E-state index contributed by atoms with van der Waals surface area (Å²) in [7, 11) is 0. The molecule has 4 aromatic rings. The van der Waals surface area contributed by atoms with Gasteiger partial charge in [-0.3, -0.25) is 14.6 Å². The number of alkyl halides is 6. The van der Waals surface area contributed by atoms with E-state index in [0.29, 0.717) is 6.07 Å². The zero-order chi connectivity index (χ0) is 32.2. The predicted octanol–water partition coefficient (Wildman–Crippen LogP) is 4.77. The van der Waals surface area contributed by atoms with E-state index in [9.17, 15) is 45.4 Å². The third-order valence-corrected chi connectivity index (χ3v) is 7.40. The van der Waals surface area contributed by atoms with Crippen molar-refractivity contribution in [2.45, 2.75) is 30.3 Å². The molecule has 15 heteroatoms. The Hall–Kier alpha value is -4.79. The van der Waals surface area contributed by atoms with Gasteiger partial charge in [0, 0.05) is 28.3 Å². The van der Waals surface area contributed by atoms with Gasteiger partial charge in [-0.15, -0.1) is 0 Å². The van der Waals surface area contributed by atoms with Crippen LogP contribution in [0.1, 0.15) is 34.1 Å². The molecular weight excluding hydrogens is 601 g/mol. The zero-order valence-corrected chi connectivity index (χ0v) is 22.5. The number of carbonyl (C=O) groups excluding carboxylic acids is 2.